The van der Waals surface area contributed by atoms with E-state index < -0.39 is 0 Å². The number of pyridine rings is 1. The van der Waals surface area contributed by atoms with Crippen molar-refractivity contribution in [1.82, 2.24) is 4.98 Å². The molecule has 62 valence electrons. The second kappa shape index (κ2) is 4.13. The van der Waals surface area contributed by atoms with E-state index in [9.17, 15) is 0 Å². The highest BCUT2D eigenvalue weighted by Crippen LogP contribution is 2.02. The molecule has 2 heteroatoms. The first-order valence-corrected chi connectivity index (χ1v) is 4.26. The van der Waals surface area contributed by atoms with Gasteiger partial charge in [0.05, 0.1) is 5.88 Å². The molecule has 0 atom stereocenters. The van der Waals surface area contributed by atoms with Crippen LogP contribution >= 0.6 is 11.6 Å². The number of aromatic nitrogens is 1. The first kappa shape index (κ1) is 9.09. The van der Waals surface area contributed by atoms with Crippen LogP contribution in [0.25, 0.3) is 0 Å². The number of hydrogen-bond donors (Lipinski definition) is 0. The molecule has 0 aliphatic carbocycles. The maximum atomic E-state index is 5.44. The standard InChI is InChI=1S/C10H10ClN/c1-8-6-10(4-3-5-11)7-9(2)12-8/h6-7H,5H2,1-2H3. The average molecular weight is 180 g/mol. The quantitative estimate of drug-likeness (QED) is 0.440. The molecule has 12 heavy (non-hydrogen) atoms. The minimum absolute atomic E-state index is 0.375. The number of nitrogens with zero attached hydrogens (tertiary/aromatic N) is 1. The van der Waals surface area contributed by atoms with Crippen molar-refractivity contribution in [1.29, 1.82) is 0 Å². The van der Waals surface area contributed by atoms with Crippen LogP contribution in [0, 0.1) is 25.7 Å². The van der Waals surface area contributed by atoms with Gasteiger partial charge < -0.3 is 0 Å². The molecular formula is C10H10ClN. The Labute approximate surface area is 77.8 Å². The molecule has 0 radical (unpaired) electrons. The predicted octanol–water partition coefficient (Wildman–Crippen LogP) is 2.29. The fourth-order valence-corrected chi connectivity index (χ4v) is 1.11. The van der Waals surface area contributed by atoms with E-state index in [1.54, 1.807) is 0 Å². The molecule has 0 aliphatic heterocycles. The summed E-state index contributed by atoms with van der Waals surface area (Å²) in [6, 6.07) is 3.90. The van der Waals surface area contributed by atoms with Crippen molar-refractivity contribution >= 4 is 11.6 Å². The second-order valence-corrected chi connectivity index (χ2v) is 2.84. The maximum absolute atomic E-state index is 5.44. The van der Waals surface area contributed by atoms with Crippen LogP contribution < -0.4 is 0 Å². The third kappa shape index (κ3) is 2.56. The molecule has 0 amide bonds. The van der Waals surface area contributed by atoms with Gasteiger partial charge >= 0.3 is 0 Å². The van der Waals surface area contributed by atoms with Crippen LogP contribution in [0.1, 0.15) is 17.0 Å². The van der Waals surface area contributed by atoms with Crippen molar-refractivity contribution in [2.75, 3.05) is 5.88 Å². The summed E-state index contributed by atoms with van der Waals surface area (Å²) in [6.07, 6.45) is 0. The van der Waals surface area contributed by atoms with Gasteiger partial charge in [-0.05, 0) is 26.0 Å². The first-order chi connectivity index (χ1) is 5.72. The Balaban J connectivity index is 3.01. The van der Waals surface area contributed by atoms with Gasteiger partial charge in [0.1, 0.15) is 0 Å². The molecule has 1 heterocycles. The molecule has 1 aromatic rings. The number of rotatable bonds is 0. The lowest BCUT2D eigenvalue weighted by Gasteiger charge is -1.96. The van der Waals surface area contributed by atoms with Gasteiger partial charge in [-0.3, -0.25) is 4.98 Å². The minimum atomic E-state index is 0.375. The smallest absolute Gasteiger partial charge is 0.0839 e. The van der Waals surface area contributed by atoms with Gasteiger partial charge in [-0.2, -0.15) is 0 Å². The van der Waals surface area contributed by atoms with Crippen molar-refractivity contribution < 1.29 is 0 Å². The number of halogens is 1. The zero-order chi connectivity index (χ0) is 8.97. The van der Waals surface area contributed by atoms with Crippen molar-refractivity contribution in [2.24, 2.45) is 0 Å². The van der Waals surface area contributed by atoms with Crippen molar-refractivity contribution in [3.63, 3.8) is 0 Å². The number of hydrogen-bond acceptors (Lipinski definition) is 1. The third-order valence-corrected chi connectivity index (χ3v) is 1.51. The molecule has 0 aromatic carbocycles. The van der Waals surface area contributed by atoms with Gasteiger partial charge in [-0.25, -0.2) is 0 Å². The van der Waals surface area contributed by atoms with Gasteiger partial charge in [0.15, 0.2) is 0 Å². The van der Waals surface area contributed by atoms with E-state index in [4.69, 9.17) is 11.6 Å². The first-order valence-electron chi connectivity index (χ1n) is 3.72. The Morgan fingerprint density at radius 3 is 2.42 bits per heavy atom. The largest absolute Gasteiger partial charge is 0.258 e. The van der Waals surface area contributed by atoms with Crippen LogP contribution in [-0.2, 0) is 0 Å². The van der Waals surface area contributed by atoms with E-state index in [1.165, 1.54) is 0 Å². The van der Waals surface area contributed by atoms with Gasteiger partial charge in [-0.1, -0.05) is 11.8 Å². The van der Waals surface area contributed by atoms with Gasteiger partial charge in [0, 0.05) is 17.0 Å². The van der Waals surface area contributed by atoms with E-state index in [2.05, 4.69) is 16.8 Å². The van der Waals surface area contributed by atoms with E-state index in [1.807, 2.05) is 26.0 Å². The zero-order valence-corrected chi connectivity index (χ0v) is 7.94. The average Bonchev–Trinajstić information content (AvgIpc) is 1.99. The molecule has 1 aromatic heterocycles. The summed E-state index contributed by atoms with van der Waals surface area (Å²) in [5.41, 5.74) is 2.98. The molecule has 1 rings (SSSR count). The topological polar surface area (TPSA) is 12.9 Å². The monoisotopic (exact) mass is 179 g/mol. The SMILES string of the molecule is Cc1cc(C#CCCl)cc(C)n1. The molecule has 1 nitrogen and oxygen atoms in total. The van der Waals surface area contributed by atoms with Crippen LogP contribution in [0.5, 0.6) is 0 Å². The van der Waals surface area contributed by atoms with Crippen LogP contribution in [0.15, 0.2) is 12.1 Å². The number of alkyl halides is 1. The van der Waals surface area contributed by atoms with Gasteiger partial charge in [-0.15, -0.1) is 11.6 Å². The lowest BCUT2D eigenvalue weighted by molar-refractivity contribution is 1.12. The summed E-state index contributed by atoms with van der Waals surface area (Å²) >= 11 is 5.44. The molecule has 0 spiro atoms. The Bertz CT molecular complexity index is 313. The molecular weight excluding hydrogens is 170 g/mol. The fraction of sp³-hybridized carbons (Fsp3) is 0.300. The highest BCUT2D eigenvalue weighted by Gasteiger charge is 1.92. The highest BCUT2D eigenvalue weighted by molar-refractivity contribution is 6.19. The maximum Gasteiger partial charge on any atom is 0.0839 e. The van der Waals surface area contributed by atoms with Crippen LogP contribution in [0.4, 0.5) is 0 Å². The molecule has 0 saturated carbocycles. The summed E-state index contributed by atoms with van der Waals surface area (Å²) in [6.45, 7) is 3.91. The molecule has 0 unspecified atom stereocenters. The van der Waals surface area contributed by atoms with Crippen molar-refractivity contribution in [2.45, 2.75) is 13.8 Å². The second-order valence-electron chi connectivity index (χ2n) is 2.57. The Morgan fingerprint density at radius 1 is 1.33 bits per heavy atom. The van der Waals surface area contributed by atoms with Crippen molar-refractivity contribution in [3.8, 4) is 11.8 Å². The van der Waals surface area contributed by atoms with Crippen LogP contribution in [0.3, 0.4) is 0 Å². The predicted molar refractivity (Wildman–Crippen MR) is 51.3 cm³/mol. The fourth-order valence-electron chi connectivity index (χ4n) is 1.04. The van der Waals surface area contributed by atoms with Crippen LogP contribution in [-0.4, -0.2) is 10.9 Å². The summed E-state index contributed by atoms with van der Waals surface area (Å²) in [4.78, 5) is 4.24. The van der Waals surface area contributed by atoms with Gasteiger partial charge in [0.2, 0.25) is 0 Å². The van der Waals surface area contributed by atoms with Crippen LogP contribution in [0.2, 0.25) is 0 Å². The summed E-state index contributed by atoms with van der Waals surface area (Å²) < 4.78 is 0. The number of aryl methyl sites for hydroxylation is 2. The molecule has 0 bridgehead atoms. The summed E-state index contributed by atoms with van der Waals surface area (Å²) in [5, 5.41) is 0. The molecule has 0 N–H and O–H groups in total. The van der Waals surface area contributed by atoms with E-state index >= 15 is 0 Å². The van der Waals surface area contributed by atoms with E-state index in [0.29, 0.717) is 5.88 Å². The Kier molecular flexibility index (Phi) is 3.13. The minimum Gasteiger partial charge on any atom is -0.258 e. The molecule has 0 fully saturated rings. The summed E-state index contributed by atoms with van der Waals surface area (Å²) in [7, 11) is 0. The lowest BCUT2D eigenvalue weighted by atomic mass is 10.2. The lowest BCUT2D eigenvalue weighted by Crippen LogP contribution is -1.87. The Morgan fingerprint density at radius 2 is 1.92 bits per heavy atom. The Hall–Kier alpha value is -1.00. The van der Waals surface area contributed by atoms with E-state index in [-0.39, 0.29) is 0 Å². The summed E-state index contributed by atoms with van der Waals surface area (Å²) in [5.74, 6) is 6.14. The normalized spacial score (nSPS) is 8.92. The molecule has 0 saturated heterocycles. The third-order valence-electron chi connectivity index (χ3n) is 1.38. The van der Waals surface area contributed by atoms with Crippen molar-refractivity contribution in [3.05, 3.63) is 29.1 Å². The van der Waals surface area contributed by atoms with Gasteiger partial charge in [0.25, 0.3) is 0 Å². The highest BCUT2D eigenvalue weighted by atomic mass is 35.5. The zero-order valence-electron chi connectivity index (χ0n) is 7.19. The van der Waals surface area contributed by atoms with E-state index in [0.717, 1.165) is 17.0 Å². The molecule has 0 aliphatic rings.